The van der Waals surface area contributed by atoms with Gasteiger partial charge in [0.05, 0.1) is 30.0 Å². The van der Waals surface area contributed by atoms with Crippen LogP contribution in [0.25, 0.3) is 11.3 Å². The molecule has 3 aromatic rings. The molecule has 4 aliphatic heterocycles. The fraction of sp³-hybridized carbons (Fsp3) is 0.659. The summed E-state index contributed by atoms with van der Waals surface area (Å²) in [5, 5.41) is 19.8. The van der Waals surface area contributed by atoms with Crippen LogP contribution in [0.1, 0.15) is 108 Å². The van der Waals surface area contributed by atoms with E-state index in [9.17, 15) is 36.3 Å². The van der Waals surface area contributed by atoms with Crippen LogP contribution in [0.3, 0.4) is 0 Å². The Kier molecular flexibility index (Phi) is 13.2. The average molecular weight is 899 g/mol. The first kappa shape index (κ1) is 45.4. The van der Waals surface area contributed by atoms with Crippen molar-refractivity contribution in [1.82, 2.24) is 39.0 Å². The van der Waals surface area contributed by atoms with Crippen LogP contribution in [-0.2, 0) is 32.5 Å². The number of anilines is 2. The summed E-state index contributed by atoms with van der Waals surface area (Å²) in [6.45, 7) is 9.04. The summed E-state index contributed by atoms with van der Waals surface area (Å²) < 4.78 is 74.6. The molecule has 19 heteroatoms. The Hall–Kier alpha value is -4.17. The van der Waals surface area contributed by atoms with Crippen molar-refractivity contribution in [3.05, 3.63) is 54.0 Å². The lowest BCUT2D eigenvalue weighted by atomic mass is 9.71. The van der Waals surface area contributed by atoms with Crippen molar-refractivity contribution in [3.63, 3.8) is 0 Å². The topological polar surface area (TPSA) is 178 Å². The van der Waals surface area contributed by atoms with Crippen LogP contribution < -0.4 is 20.3 Å². The molecule has 1 spiro atoms. The highest BCUT2D eigenvalue weighted by Crippen LogP contribution is 2.43. The van der Waals surface area contributed by atoms with E-state index < -0.39 is 27.6 Å². The highest BCUT2D eigenvalue weighted by atomic mass is 32.2. The lowest BCUT2D eigenvalue weighted by Gasteiger charge is -2.48. The fourth-order valence-electron chi connectivity index (χ4n) is 10.3. The molecule has 1 aliphatic carbocycles. The van der Waals surface area contributed by atoms with E-state index in [4.69, 9.17) is 0 Å². The van der Waals surface area contributed by atoms with Gasteiger partial charge in [-0.25, -0.2) is 9.97 Å². The predicted octanol–water partition coefficient (Wildman–Crippen LogP) is 5.30. The second kappa shape index (κ2) is 18.4. The van der Waals surface area contributed by atoms with Gasteiger partial charge < -0.3 is 20.2 Å². The molecule has 1 atom stereocenters. The van der Waals surface area contributed by atoms with E-state index in [0.717, 1.165) is 70.2 Å². The molecule has 4 saturated heterocycles. The normalized spacial score (nSPS) is 24.7. The maximum Gasteiger partial charge on any atom is 0.419 e. The average Bonchev–Trinajstić information content (AvgIpc) is 3.70. The van der Waals surface area contributed by atoms with Crippen molar-refractivity contribution >= 4 is 33.7 Å². The van der Waals surface area contributed by atoms with Gasteiger partial charge in [0.2, 0.25) is 17.8 Å². The third-order valence-electron chi connectivity index (χ3n) is 14.0. The standard InChI is InChI=1S/C44H61F3N10O5S/c1-42(2,60)29-56-28-32(25-49-56)39-37(44(45,46)47)26-48-41(52-39)50-33-13-19-57(20-14-33)63(61,62)53-34-7-3-30(4-8-34)27-54-21-15-43(16-22-54)17-23-55(24-18-43)35-9-5-31(6-10-35)36-11-12-38(58)51-40(36)59/h5-6,9-10,25-26,28,30,33-34,36,53,60H,3-4,7-8,11-24,27,29H2,1-2H3,(H,48,50,52)(H,51,58,59). The number of aliphatic hydroxyl groups is 1. The first-order valence-corrected chi connectivity index (χ1v) is 24.0. The minimum atomic E-state index is -4.70. The summed E-state index contributed by atoms with van der Waals surface area (Å²) in [6, 6.07) is 7.96. The fourth-order valence-corrected chi connectivity index (χ4v) is 11.8. The van der Waals surface area contributed by atoms with E-state index in [1.165, 1.54) is 52.8 Å². The summed E-state index contributed by atoms with van der Waals surface area (Å²) in [5.41, 5.74) is 0.225. The molecule has 2 aromatic heterocycles. The third kappa shape index (κ3) is 11.2. The van der Waals surface area contributed by atoms with Gasteiger partial charge in [0.1, 0.15) is 5.56 Å². The zero-order valence-corrected chi connectivity index (χ0v) is 37.1. The van der Waals surface area contributed by atoms with E-state index in [1.807, 2.05) is 12.1 Å². The monoisotopic (exact) mass is 898 g/mol. The minimum absolute atomic E-state index is 0.0170. The molecule has 63 heavy (non-hydrogen) atoms. The van der Waals surface area contributed by atoms with Gasteiger partial charge in [0, 0.05) is 74.9 Å². The van der Waals surface area contributed by atoms with Gasteiger partial charge in [-0.05, 0) is 127 Å². The number of nitrogens with one attached hydrogen (secondary N) is 3. The van der Waals surface area contributed by atoms with Crippen LogP contribution >= 0.6 is 0 Å². The number of halogens is 3. The maximum absolute atomic E-state index is 13.9. The molecule has 2 amide bonds. The highest BCUT2D eigenvalue weighted by Gasteiger charge is 2.40. The number of alkyl halides is 3. The Morgan fingerprint density at radius 1 is 0.873 bits per heavy atom. The van der Waals surface area contributed by atoms with E-state index in [2.05, 4.69) is 52.4 Å². The van der Waals surface area contributed by atoms with Crippen molar-refractivity contribution in [1.29, 1.82) is 0 Å². The van der Waals surface area contributed by atoms with E-state index in [1.54, 1.807) is 13.8 Å². The van der Waals surface area contributed by atoms with Crippen molar-refractivity contribution in [3.8, 4) is 11.3 Å². The zero-order chi connectivity index (χ0) is 44.6. The van der Waals surface area contributed by atoms with E-state index in [-0.39, 0.29) is 66.7 Å². The van der Waals surface area contributed by atoms with E-state index >= 15 is 0 Å². The maximum atomic E-state index is 13.9. The second-order valence-corrected chi connectivity index (χ2v) is 20.9. The molecular weight excluding hydrogens is 838 g/mol. The quantitative estimate of drug-likeness (QED) is 0.174. The Morgan fingerprint density at radius 3 is 2.17 bits per heavy atom. The predicted molar refractivity (Wildman–Crippen MR) is 232 cm³/mol. The molecular formula is C44H61F3N10O5S. The first-order chi connectivity index (χ1) is 29.9. The number of imide groups is 1. The summed E-state index contributed by atoms with van der Waals surface area (Å²) in [4.78, 5) is 37.1. The van der Waals surface area contributed by atoms with Crippen LogP contribution in [0, 0.1) is 11.3 Å². The van der Waals surface area contributed by atoms with Gasteiger partial charge in [0.15, 0.2) is 0 Å². The molecule has 4 N–H and O–H groups in total. The Balaban J connectivity index is 0.745. The summed E-state index contributed by atoms with van der Waals surface area (Å²) in [5.74, 6) is -0.101. The summed E-state index contributed by atoms with van der Waals surface area (Å²) in [7, 11) is -3.71. The smallest absolute Gasteiger partial charge is 0.389 e. The first-order valence-electron chi connectivity index (χ1n) is 22.5. The molecule has 5 aliphatic rings. The van der Waals surface area contributed by atoms with Gasteiger partial charge in [-0.2, -0.15) is 35.7 Å². The number of rotatable bonds is 12. The number of likely N-dealkylation sites (tertiary alicyclic amines) is 1. The van der Waals surface area contributed by atoms with Crippen LogP contribution in [0.4, 0.5) is 24.8 Å². The Bertz CT molecular complexity index is 2180. The third-order valence-corrected chi connectivity index (χ3v) is 15.7. The summed E-state index contributed by atoms with van der Waals surface area (Å²) >= 11 is 0. The molecule has 0 bridgehead atoms. The van der Waals surface area contributed by atoms with Crippen LogP contribution in [0.15, 0.2) is 42.9 Å². The second-order valence-electron chi connectivity index (χ2n) is 19.2. The number of aromatic nitrogens is 4. The van der Waals surface area contributed by atoms with Crippen molar-refractivity contribution in [2.24, 2.45) is 11.3 Å². The number of amides is 2. The number of benzene rings is 1. The van der Waals surface area contributed by atoms with Crippen molar-refractivity contribution in [2.45, 2.75) is 127 Å². The van der Waals surface area contributed by atoms with Gasteiger partial charge in [-0.15, -0.1) is 0 Å². The molecule has 1 saturated carbocycles. The number of hydrogen-bond acceptors (Lipinski definition) is 11. The van der Waals surface area contributed by atoms with Crippen LogP contribution in [0.2, 0.25) is 0 Å². The molecule has 1 aromatic carbocycles. The molecule has 6 heterocycles. The van der Waals surface area contributed by atoms with Gasteiger partial charge in [0.25, 0.3) is 10.2 Å². The van der Waals surface area contributed by atoms with Crippen LogP contribution in [0.5, 0.6) is 0 Å². The lowest BCUT2D eigenvalue weighted by molar-refractivity contribution is -0.137. The SMILES string of the molecule is CC(C)(O)Cn1cc(-c2nc(NC3CCN(S(=O)(=O)NC4CCC(CN5CCC6(CC5)CCN(c5ccc(C7CCC(=O)NC7=O)cc5)CC6)CC4)CC3)ncc2C(F)(F)F)cn1. The molecule has 15 nitrogen and oxygen atoms in total. The largest absolute Gasteiger partial charge is 0.419 e. The van der Waals surface area contributed by atoms with Crippen molar-refractivity contribution in [2.75, 3.05) is 56.0 Å². The Morgan fingerprint density at radius 2 is 1.54 bits per heavy atom. The molecule has 344 valence electrons. The van der Waals surface area contributed by atoms with Gasteiger partial charge >= 0.3 is 6.18 Å². The number of piperidine rings is 4. The van der Waals surface area contributed by atoms with Crippen LogP contribution in [-0.4, -0.2) is 118 Å². The van der Waals surface area contributed by atoms with Gasteiger partial charge in [-0.3, -0.25) is 19.6 Å². The minimum Gasteiger partial charge on any atom is -0.389 e. The number of carbonyl (C=O) groups is 2. The molecule has 5 fully saturated rings. The zero-order valence-electron chi connectivity index (χ0n) is 36.2. The summed E-state index contributed by atoms with van der Waals surface area (Å²) in [6.07, 6.45) is 8.86. The van der Waals surface area contributed by atoms with Crippen molar-refractivity contribution < 1.29 is 36.3 Å². The Labute approximate surface area is 367 Å². The van der Waals surface area contributed by atoms with E-state index in [0.29, 0.717) is 37.0 Å². The molecule has 8 rings (SSSR count). The molecule has 1 unspecified atom stereocenters. The number of nitrogens with zero attached hydrogens (tertiary/aromatic N) is 7. The lowest BCUT2D eigenvalue weighted by Crippen LogP contribution is -2.51. The number of carbonyl (C=O) groups excluding carboxylic acids is 2. The molecule has 0 radical (unpaired) electrons. The number of hydrogen-bond donors (Lipinski definition) is 4. The van der Waals surface area contributed by atoms with Gasteiger partial charge in [-0.1, -0.05) is 12.1 Å². The highest BCUT2D eigenvalue weighted by molar-refractivity contribution is 7.87.